The molecule has 6 nitrogen and oxygen atoms in total. The first-order valence-corrected chi connectivity index (χ1v) is 10.4. The van der Waals surface area contributed by atoms with Gasteiger partial charge < -0.3 is 15.1 Å². The highest BCUT2D eigenvalue weighted by Gasteiger charge is 2.55. The molecule has 2 aromatic rings. The van der Waals surface area contributed by atoms with Gasteiger partial charge in [-0.1, -0.05) is 30.3 Å². The lowest BCUT2D eigenvalue weighted by molar-refractivity contribution is 0.0179. The van der Waals surface area contributed by atoms with Gasteiger partial charge in [-0.15, -0.1) is 0 Å². The zero-order valence-electron chi connectivity index (χ0n) is 16.7. The van der Waals surface area contributed by atoms with Crippen LogP contribution in [0.1, 0.15) is 35.9 Å². The summed E-state index contributed by atoms with van der Waals surface area (Å²) in [5.74, 6) is 0.400. The molecular formula is C22H29N5O. The van der Waals surface area contributed by atoms with Crippen molar-refractivity contribution in [3.05, 3.63) is 53.9 Å². The standard InChI is InChI=1S/C22H29N5O/c1-16(2)27-9-8-19(24-27)21(28)23-20-17-12-25-10-11-26(13-17)15-22(20,14-25)18-6-4-3-5-7-18/h3-9,16-17,20H,10-15H2,1-2H3,(H,23,28)/t17?,20-,22?/m0/s1. The van der Waals surface area contributed by atoms with Crippen LogP contribution in [0.2, 0.25) is 0 Å². The Bertz CT molecular complexity index is 845. The predicted molar refractivity (Wildman–Crippen MR) is 108 cm³/mol. The average Bonchev–Trinajstić information content (AvgIpc) is 3.06. The molecule has 4 aliphatic rings. The quantitative estimate of drug-likeness (QED) is 0.880. The first-order chi connectivity index (χ1) is 13.5. The number of piperidine rings is 2. The number of rotatable bonds is 4. The second-order valence-corrected chi connectivity index (χ2v) is 8.98. The van der Waals surface area contributed by atoms with Crippen molar-refractivity contribution in [1.29, 1.82) is 0 Å². The molecule has 148 valence electrons. The summed E-state index contributed by atoms with van der Waals surface area (Å²) in [4.78, 5) is 18.3. The third kappa shape index (κ3) is 2.86. The number of hydrogen-bond acceptors (Lipinski definition) is 4. The molecule has 6 heteroatoms. The van der Waals surface area contributed by atoms with E-state index in [4.69, 9.17) is 0 Å². The van der Waals surface area contributed by atoms with E-state index in [0.29, 0.717) is 11.6 Å². The SMILES string of the molecule is CC(C)n1ccc(C(=O)N[C@H]2C3CN4CCN(C3)CC2(c2ccccc2)C4)n1. The Balaban J connectivity index is 1.49. The van der Waals surface area contributed by atoms with Gasteiger partial charge in [0.25, 0.3) is 5.91 Å². The largest absolute Gasteiger partial charge is 0.347 e. The van der Waals surface area contributed by atoms with Crippen LogP contribution in [0.25, 0.3) is 0 Å². The molecule has 1 amide bonds. The Morgan fingerprint density at radius 1 is 1.11 bits per heavy atom. The third-order valence-corrected chi connectivity index (χ3v) is 6.80. The maximum Gasteiger partial charge on any atom is 0.272 e. The molecule has 2 unspecified atom stereocenters. The Morgan fingerprint density at radius 3 is 2.39 bits per heavy atom. The normalized spacial score (nSPS) is 33.8. The van der Waals surface area contributed by atoms with Crippen LogP contribution >= 0.6 is 0 Å². The molecule has 5 heterocycles. The van der Waals surface area contributed by atoms with Crippen LogP contribution in [0.5, 0.6) is 0 Å². The van der Waals surface area contributed by atoms with E-state index in [1.54, 1.807) is 0 Å². The van der Waals surface area contributed by atoms with E-state index in [1.165, 1.54) is 5.56 Å². The molecule has 6 rings (SSSR count). The predicted octanol–water partition coefficient (Wildman–Crippen LogP) is 1.76. The van der Waals surface area contributed by atoms with Crippen molar-refractivity contribution in [1.82, 2.24) is 24.9 Å². The third-order valence-electron chi connectivity index (χ3n) is 6.80. The van der Waals surface area contributed by atoms with Gasteiger partial charge in [0.15, 0.2) is 0 Å². The fourth-order valence-corrected chi connectivity index (χ4v) is 5.53. The number of fused-ring (bicyclic) bond motifs is 1. The molecule has 4 fully saturated rings. The van der Waals surface area contributed by atoms with E-state index in [-0.39, 0.29) is 23.4 Å². The smallest absolute Gasteiger partial charge is 0.272 e. The van der Waals surface area contributed by atoms with Crippen LogP contribution in [0.15, 0.2) is 42.6 Å². The molecule has 0 spiro atoms. The van der Waals surface area contributed by atoms with Crippen LogP contribution in [0, 0.1) is 5.92 Å². The van der Waals surface area contributed by atoms with Crippen molar-refractivity contribution in [3.63, 3.8) is 0 Å². The minimum Gasteiger partial charge on any atom is -0.347 e. The molecule has 28 heavy (non-hydrogen) atoms. The number of benzene rings is 1. The van der Waals surface area contributed by atoms with Crippen molar-refractivity contribution >= 4 is 5.91 Å². The van der Waals surface area contributed by atoms with E-state index >= 15 is 0 Å². The minimum atomic E-state index is -0.0603. The number of carbonyl (C=O) groups excluding carboxylic acids is 1. The summed E-state index contributed by atoms with van der Waals surface area (Å²) < 4.78 is 1.85. The average molecular weight is 380 g/mol. The Morgan fingerprint density at radius 2 is 1.79 bits per heavy atom. The first kappa shape index (κ1) is 17.9. The van der Waals surface area contributed by atoms with E-state index in [0.717, 1.165) is 39.3 Å². The maximum absolute atomic E-state index is 13.1. The molecule has 1 N–H and O–H groups in total. The Labute approximate surface area is 166 Å². The van der Waals surface area contributed by atoms with Gasteiger partial charge in [-0.3, -0.25) is 9.48 Å². The summed E-state index contributed by atoms with van der Waals surface area (Å²) in [6.07, 6.45) is 1.89. The molecule has 1 aromatic heterocycles. The number of nitrogens with one attached hydrogen (secondary N) is 1. The zero-order chi connectivity index (χ0) is 19.3. The highest BCUT2D eigenvalue weighted by molar-refractivity contribution is 5.92. The number of amides is 1. The summed E-state index contributed by atoms with van der Waals surface area (Å²) in [6, 6.07) is 13.0. The van der Waals surface area contributed by atoms with E-state index in [9.17, 15) is 4.79 Å². The summed E-state index contributed by atoms with van der Waals surface area (Å²) in [5.41, 5.74) is 1.80. The number of aromatic nitrogens is 2. The van der Waals surface area contributed by atoms with Crippen LogP contribution in [-0.2, 0) is 5.41 Å². The van der Waals surface area contributed by atoms with Gasteiger partial charge in [-0.05, 0) is 25.5 Å². The molecule has 4 saturated heterocycles. The molecule has 0 radical (unpaired) electrons. The highest BCUT2D eigenvalue weighted by atomic mass is 16.2. The summed E-state index contributed by atoms with van der Waals surface area (Å²) >= 11 is 0. The molecule has 4 aliphatic heterocycles. The van der Waals surface area contributed by atoms with Gasteiger partial charge in [0.1, 0.15) is 5.69 Å². The molecule has 0 aliphatic carbocycles. The highest BCUT2D eigenvalue weighted by Crippen LogP contribution is 2.43. The van der Waals surface area contributed by atoms with Crippen molar-refractivity contribution in [2.45, 2.75) is 31.3 Å². The summed E-state index contributed by atoms with van der Waals surface area (Å²) in [7, 11) is 0. The van der Waals surface area contributed by atoms with E-state index < -0.39 is 0 Å². The Hall–Kier alpha value is -2.18. The van der Waals surface area contributed by atoms with Crippen molar-refractivity contribution < 1.29 is 4.79 Å². The van der Waals surface area contributed by atoms with E-state index in [2.05, 4.69) is 64.4 Å². The summed E-state index contributed by atoms with van der Waals surface area (Å²) in [5, 5.41) is 7.92. The van der Waals surface area contributed by atoms with Crippen LogP contribution in [0.3, 0.4) is 0 Å². The molecule has 0 saturated carbocycles. The number of nitrogens with zero attached hydrogens (tertiary/aromatic N) is 4. The fourth-order valence-electron chi connectivity index (χ4n) is 5.53. The van der Waals surface area contributed by atoms with Gasteiger partial charge in [0, 0.05) is 68.9 Å². The monoisotopic (exact) mass is 379 g/mol. The molecule has 4 bridgehead atoms. The maximum atomic E-state index is 13.1. The van der Waals surface area contributed by atoms with Crippen molar-refractivity contribution in [2.24, 2.45) is 5.92 Å². The first-order valence-electron chi connectivity index (χ1n) is 10.4. The molecule has 3 atom stereocenters. The van der Waals surface area contributed by atoms with Crippen molar-refractivity contribution in [3.8, 4) is 0 Å². The lowest BCUT2D eigenvalue weighted by Crippen LogP contribution is -2.70. The van der Waals surface area contributed by atoms with Crippen molar-refractivity contribution in [2.75, 3.05) is 39.3 Å². The van der Waals surface area contributed by atoms with Gasteiger partial charge in [0.2, 0.25) is 0 Å². The van der Waals surface area contributed by atoms with Gasteiger partial charge in [-0.2, -0.15) is 5.10 Å². The summed E-state index contributed by atoms with van der Waals surface area (Å²) in [6.45, 7) is 10.6. The van der Waals surface area contributed by atoms with E-state index in [1.807, 2.05) is 16.9 Å². The second kappa shape index (κ2) is 6.71. The minimum absolute atomic E-state index is 0.0455. The fraction of sp³-hybridized carbons (Fsp3) is 0.545. The molecule has 1 aromatic carbocycles. The number of carbonyl (C=O) groups is 1. The molecular weight excluding hydrogens is 350 g/mol. The lowest BCUT2D eigenvalue weighted by Gasteiger charge is -2.55. The van der Waals surface area contributed by atoms with Gasteiger partial charge in [-0.25, -0.2) is 0 Å². The van der Waals surface area contributed by atoms with Gasteiger partial charge >= 0.3 is 0 Å². The number of hydrogen-bond donors (Lipinski definition) is 1. The van der Waals surface area contributed by atoms with Crippen LogP contribution < -0.4 is 5.32 Å². The van der Waals surface area contributed by atoms with Gasteiger partial charge in [0.05, 0.1) is 0 Å². The topological polar surface area (TPSA) is 53.4 Å². The van der Waals surface area contributed by atoms with Crippen LogP contribution in [-0.4, -0.2) is 70.8 Å². The second-order valence-electron chi connectivity index (χ2n) is 8.98. The lowest BCUT2D eigenvalue weighted by atomic mass is 9.64. The zero-order valence-corrected chi connectivity index (χ0v) is 16.7. The Kier molecular flexibility index (Phi) is 4.29. The van der Waals surface area contributed by atoms with Crippen LogP contribution in [0.4, 0.5) is 0 Å².